The Morgan fingerprint density at radius 3 is 2.32 bits per heavy atom. The van der Waals surface area contributed by atoms with E-state index < -0.39 is 0 Å². The molecule has 1 amide bonds. The summed E-state index contributed by atoms with van der Waals surface area (Å²) in [6, 6.07) is 9.13. The van der Waals surface area contributed by atoms with Gasteiger partial charge in [-0.15, -0.1) is 0 Å². The van der Waals surface area contributed by atoms with Gasteiger partial charge in [0.1, 0.15) is 12.4 Å². The molecule has 2 aromatic carbocycles. The number of benzene rings is 2. The van der Waals surface area contributed by atoms with E-state index in [9.17, 15) is 9.59 Å². The molecule has 0 aliphatic heterocycles. The van der Waals surface area contributed by atoms with Gasteiger partial charge in [-0.3, -0.25) is 9.59 Å². The number of hydrogen-bond acceptors (Lipinski definition) is 6. The first-order valence-electron chi connectivity index (χ1n) is 11.3. The number of nitrogens with zero attached hydrogens (tertiary/aromatic N) is 1. The molecule has 0 saturated heterocycles. The van der Waals surface area contributed by atoms with Gasteiger partial charge in [0.15, 0.2) is 11.5 Å². The number of carbonyl (C=O) groups excluding carboxylic acids is 1. The van der Waals surface area contributed by atoms with Crippen molar-refractivity contribution in [3.63, 3.8) is 0 Å². The van der Waals surface area contributed by atoms with Crippen LogP contribution in [0.3, 0.4) is 0 Å². The van der Waals surface area contributed by atoms with Crippen molar-refractivity contribution in [2.45, 2.75) is 33.9 Å². The predicted molar refractivity (Wildman–Crippen MR) is 131 cm³/mol. The van der Waals surface area contributed by atoms with Crippen LogP contribution >= 0.6 is 0 Å². The Hall–Kier alpha value is -3.52. The van der Waals surface area contributed by atoms with E-state index in [1.54, 1.807) is 18.3 Å². The van der Waals surface area contributed by atoms with Crippen LogP contribution in [0.25, 0.3) is 10.8 Å². The molecule has 0 fully saturated rings. The number of rotatable bonds is 11. The van der Waals surface area contributed by atoms with Gasteiger partial charge in [-0.2, -0.15) is 0 Å². The second-order valence-corrected chi connectivity index (χ2v) is 7.73. The van der Waals surface area contributed by atoms with Crippen molar-refractivity contribution < 1.29 is 23.7 Å². The molecule has 0 spiro atoms. The number of fused-ring (bicyclic) bond motifs is 1. The third kappa shape index (κ3) is 5.51. The van der Waals surface area contributed by atoms with Gasteiger partial charge in [-0.1, -0.05) is 12.1 Å². The molecule has 0 aliphatic rings. The van der Waals surface area contributed by atoms with Crippen LogP contribution in [0.2, 0.25) is 0 Å². The summed E-state index contributed by atoms with van der Waals surface area (Å²) in [6.07, 6.45) is 1.58. The minimum Gasteiger partial charge on any atom is -0.493 e. The number of aryl methyl sites for hydroxylation is 2. The molecule has 182 valence electrons. The summed E-state index contributed by atoms with van der Waals surface area (Å²) in [6.45, 7) is 8.02. The van der Waals surface area contributed by atoms with Crippen molar-refractivity contribution in [2.75, 3.05) is 34.0 Å². The molecule has 0 unspecified atom stereocenters. The summed E-state index contributed by atoms with van der Waals surface area (Å²) in [5.74, 6) is 1.28. The fourth-order valence-electron chi connectivity index (χ4n) is 3.70. The molecular weight excluding hydrogens is 436 g/mol. The van der Waals surface area contributed by atoms with E-state index in [2.05, 4.69) is 5.32 Å². The molecule has 1 heterocycles. The van der Waals surface area contributed by atoms with Gasteiger partial charge in [0.25, 0.3) is 11.5 Å². The molecule has 1 aromatic heterocycles. The van der Waals surface area contributed by atoms with E-state index in [0.29, 0.717) is 59.9 Å². The Labute approximate surface area is 199 Å². The fourth-order valence-corrected chi connectivity index (χ4v) is 3.70. The number of amides is 1. The molecule has 8 heteroatoms. The zero-order chi connectivity index (χ0) is 24.7. The second-order valence-electron chi connectivity index (χ2n) is 7.73. The highest BCUT2D eigenvalue weighted by Crippen LogP contribution is 2.32. The van der Waals surface area contributed by atoms with E-state index in [1.165, 1.54) is 18.8 Å². The zero-order valence-electron chi connectivity index (χ0n) is 20.4. The third-order valence-corrected chi connectivity index (χ3v) is 5.53. The van der Waals surface area contributed by atoms with E-state index in [-0.39, 0.29) is 18.0 Å². The monoisotopic (exact) mass is 468 g/mol. The van der Waals surface area contributed by atoms with Crippen molar-refractivity contribution in [1.29, 1.82) is 0 Å². The second kappa shape index (κ2) is 11.6. The summed E-state index contributed by atoms with van der Waals surface area (Å²) in [7, 11) is 3.02. The maximum absolute atomic E-state index is 13.3. The average Bonchev–Trinajstić information content (AvgIpc) is 2.85. The normalized spacial score (nSPS) is 10.9. The van der Waals surface area contributed by atoms with Crippen LogP contribution in [0.4, 0.5) is 0 Å². The number of hydrogen-bond donors (Lipinski definition) is 1. The highest BCUT2D eigenvalue weighted by atomic mass is 16.5. The van der Waals surface area contributed by atoms with Gasteiger partial charge < -0.3 is 28.8 Å². The number of pyridine rings is 1. The van der Waals surface area contributed by atoms with Gasteiger partial charge >= 0.3 is 0 Å². The molecule has 0 bridgehead atoms. The van der Waals surface area contributed by atoms with Crippen LogP contribution in [0.1, 0.15) is 35.3 Å². The molecule has 0 atom stereocenters. The lowest BCUT2D eigenvalue weighted by atomic mass is 10.0. The molecule has 0 saturated carbocycles. The number of aromatic nitrogens is 1. The summed E-state index contributed by atoms with van der Waals surface area (Å²) >= 11 is 0. The number of nitrogens with one attached hydrogen (secondary N) is 1. The standard InChI is InChI=1S/C26H32N2O6/c1-6-28-16-21(19-13-23(31-4)24(32-5)14-20(19)26(28)30)25(29)27-15-18-9-8-17(3)12-22(18)34-11-10-33-7-2/h8-9,12-14,16H,6-7,10-11,15H2,1-5H3,(H,27,29). The topological polar surface area (TPSA) is 88.0 Å². The fraction of sp³-hybridized carbons (Fsp3) is 0.385. The van der Waals surface area contributed by atoms with Crippen molar-refractivity contribution in [3.8, 4) is 17.2 Å². The van der Waals surface area contributed by atoms with Gasteiger partial charge in [0.2, 0.25) is 0 Å². The summed E-state index contributed by atoms with van der Waals surface area (Å²) in [5.41, 5.74) is 2.09. The minimum atomic E-state index is -0.305. The lowest BCUT2D eigenvalue weighted by molar-refractivity contribution is 0.0950. The zero-order valence-corrected chi connectivity index (χ0v) is 20.4. The van der Waals surface area contributed by atoms with Crippen LogP contribution < -0.4 is 25.1 Å². The van der Waals surface area contributed by atoms with E-state index in [4.69, 9.17) is 18.9 Å². The van der Waals surface area contributed by atoms with Crippen LogP contribution in [-0.4, -0.2) is 44.5 Å². The van der Waals surface area contributed by atoms with E-state index in [0.717, 1.165) is 11.1 Å². The molecule has 0 aliphatic carbocycles. The van der Waals surface area contributed by atoms with Crippen LogP contribution in [0.5, 0.6) is 17.2 Å². The van der Waals surface area contributed by atoms with Crippen LogP contribution in [0, 0.1) is 6.92 Å². The maximum atomic E-state index is 13.3. The highest BCUT2D eigenvalue weighted by molar-refractivity contribution is 6.07. The molecule has 3 aromatic rings. The third-order valence-electron chi connectivity index (χ3n) is 5.53. The lowest BCUT2D eigenvalue weighted by Crippen LogP contribution is -2.27. The number of carbonyl (C=O) groups is 1. The van der Waals surface area contributed by atoms with Crippen molar-refractivity contribution in [1.82, 2.24) is 9.88 Å². The quantitative estimate of drug-likeness (QED) is 0.432. The SMILES string of the molecule is CCOCCOc1cc(C)ccc1CNC(=O)c1cn(CC)c(=O)c2cc(OC)c(OC)cc12. The Morgan fingerprint density at radius 1 is 0.971 bits per heavy atom. The number of methoxy groups -OCH3 is 2. The Balaban J connectivity index is 1.92. The molecule has 0 radical (unpaired) electrons. The first kappa shape index (κ1) is 25.1. The largest absolute Gasteiger partial charge is 0.493 e. The first-order chi connectivity index (χ1) is 16.4. The van der Waals surface area contributed by atoms with Crippen molar-refractivity contribution >= 4 is 16.7 Å². The van der Waals surface area contributed by atoms with Crippen molar-refractivity contribution in [2.24, 2.45) is 0 Å². The van der Waals surface area contributed by atoms with Gasteiger partial charge in [0, 0.05) is 36.8 Å². The molecule has 34 heavy (non-hydrogen) atoms. The van der Waals surface area contributed by atoms with E-state index >= 15 is 0 Å². The smallest absolute Gasteiger partial charge is 0.258 e. The Bertz CT molecular complexity index is 1220. The average molecular weight is 469 g/mol. The number of ether oxygens (including phenoxy) is 4. The maximum Gasteiger partial charge on any atom is 0.258 e. The molecular formula is C26H32N2O6. The predicted octanol–water partition coefficient (Wildman–Crippen LogP) is 3.69. The molecule has 1 N–H and O–H groups in total. The summed E-state index contributed by atoms with van der Waals surface area (Å²) < 4.78 is 23.5. The van der Waals surface area contributed by atoms with Gasteiger partial charge in [-0.05, 0) is 44.5 Å². The molecule has 8 nitrogen and oxygen atoms in total. The minimum absolute atomic E-state index is 0.196. The first-order valence-corrected chi connectivity index (χ1v) is 11.3. The highest BCUT2D eigenvalue weighted by Gasteiger charge is 2.18. The summed E-state index contributed by atoms with van der Waals surface area (Å²) in [4.78, 5) is 26.2. The summed E-state index contributed by atoms with van der Waals surface area (Å²) in [5, 5.41) is 3.86. The van der Waals surface area contributed by atoms with E-state index in [1.807, 2.05) is 39.0 Å². The van der Waals surface area contributed by atoms with Crippen molar-refractivity contribution in [3.05, 3.63) is 63.6 Å². The lowest BCUT2D eigenvalue weighted by Gasteiger charge is -2.16. The molecule has 3 rings (SSSR count). The van der Waals surface area contributed by atoms with Crippen LogP contribution in [-0.2, 0) is 17.8 Å². The van der Waals surface area contributed by atoms with Gasteiger partial charge in [0.05, 0.1) is 31.8 Å². The van der Waals surface area contributed by atoms with Gasteiger partial charge in [-0.25, -0.2) is 0 Å². The Morgan fingerprint density at radius 2 is 1.68 bits per heavy atom. The Kier molecular flexibility index (Phi) is 8.54. The van der Waals surface area contributed by atoms with Crippen LogP contribution in [0.15, 0.2) is 41.3 Å².